The highest BCUT2D eigenvalue weighted by molar-refractivity contribution is 8.14. The molecule has 0 saturated carbocycles. The summed E-state index contributed by atoms with van der Waals surface area (Å²) < 4.78 is 5.08. The zero-order valence-corrected chi connectivity index (χ0v) is 11.6. The first kappa shape index (κ1) is 13.7. The van der Waals surface area contributed by atoms with E-state index in [9.17, 15) is 9.82 Å². The maximum atomic E-state index is 11.7. The van der Waals surface area contributed by atoms with E-state index in [4.69, 9.17) is 16.3 Å². The predicted molar refractivity (Wildman–Crippen MR) is 75.6 cm³/mol. The molecule has 0 radical (unpaired) electrons. The molecule has 1 aliphatic rings. The van der Waals surface area contributed by atoms with E-state index in [0.29, 0.717) is 22.8 Å². The second-order valence-electron chi connectivity index (χ2n) is 4.24. The van der Waals surface area contributed by atoms with Crippen LogP contribution in [0.5, 0.6) is 0 Å². The predicted octanol–water partition coefficient (Wildman–Crippen LogP) is 2.23. The summed E-state index contributed by atoms with van der Waals surface area (Å²) >= 11 is 7.36. The van der Waals surface area contributed by atoms with E-state index in [0.717, 1.165) is 5.56 Å². The molecule has 0 aliphatic carbocycles. The summed E-state index contributed by atoms with van der Waals surface area (Å²) in [5.74, 6) is 0. The lowest BCUT2D eigenvalue weighted by Gasteiger charge is -2.11. The number of carbonyl (C=O) groups is 1. The Morgan fingerprint density at radius 3 is 3.00 bits per heavy atom. The van der Waals surface area contributed by atoms with Crippen LogP contribution in [0.25, 0.3) is 0 Å². The molecule has 1 aromatic carbocycles. The number of thioether (sulfide) groups is 1. The van der Waals surface area contributed by atoms with Crippen LogP contribution in [0.1, 0.15) is 19.4 Å². The first-order chi connectivity index (χ1) is 8.49. The van der Waals surface area contributed by atoms with Crippen molar-refractivity contribution in [2.45, 2.75) is 25.7 Å². The molecule has 1 amide bonds. The Labute approximate surface area is 115 Å². The van der Waals surface area contributed by atoms with Crippen LogP contribution in [0.15, 0.2) is 12.1 Å². The highest BCUT2D eigenvalue weighted by Gasteiger charge is 2.31. The summed E-state index contributed by atoms with van der Waals surface area (Å²) in [6.07, 6.45) is 0. The van der Waals surface area contributed by atoms with Gasteiger partial charge in [-0.3, -0.25) is 4.79 Å². The van der Waals surface area contributed by atoms with E-state index >= 15 is 0 Å². The quantitative estimate of drug-likeness (QED) is 0.818. The summed E-state index contributed by atoms with van der Waals surface area (Å²) in [6, 6.07) is 3.52. The monoisotopic (exact) mass is 285 g/mol. The molecular formula is C11H13BClNO3S. The molecule has 0 fully saturated rings. The molecule has 0 aromatic heterocycles. The van der Waals surface area contributed by atoms with Crippen LogP contribution in [-0.4, -0.2) is 22.6 Å². The molecule has 0 bridgehead atoms. The van der Waals surface area contributed by atoms with Crippen molar-refractivity contribution in [3.63, 3.8) is 0 Å². The molecule has 0 saturated heterocycles. The molecule has 2 rings (SSSR count). The van der Waals surface area contributed by atoms with Gasteiger partial charge in [-0.05, 0) is 11.6 Å². The standard InChI is InChI=1S/C11H13BClNO3S/c1-6(2)18-11(15)14-8-4-3-7-5-17-12(16)9(7)10(8)13/h3-4,6,16H,5H2,1-2H3,(H,14,15). The number of hydrogen-bond donors (Lipinski definition) is 2. The van der Waals surface area contributed by atoms with Crippen LogP contribution in [0.2, 0.25) is 5.02 Å². The third-order valence-corrected chi connectivity index (χ3v) is 3.69. The van der Waals surface area contributed by atoms with Gasteiger partial charge in [-0.25, -0.2) is 0 Å². The Bertz CT molecular complexity index is 484. The van der Waals surface area contributed by atoms with E-state index < -0.39 is 7.12 Å². The molecule has 1 heterocycles. The van der Waals surface area contributed by atoms with Gasteiger partial charge in [0.15, 0.2) is 0 Å². The summed E-state index contributed by atoms with van der Waals surface area (Å²) in [7, 11) is -1.01. The van der Waals surface area contributed by atoms with Crippen molar-refractivity contribution >= 4 is 46.9 Å². The highest BCUT2D eigenvalue weighted by Crippen LogP contribution is 2.26. The molecule has 4 nitrogen and oxygen atoms in total. The van der Waals surface area contributed by atoms with E-state index in [1.165, 1.54) is 11.8 Å². The normalized spacial score (nSPS) is 13.9. The van der Waals surface area contributed by atoms with Gasteiger partial charge in [-0.15, -0.1) is 0 Å². The van der Waals surface area contributed by atoms with Crippen LogP contribution in [0.3, 0.4) is 0 Å². The zero-order chi connectivity index (χ0) is 13.3. The van der Waals surface area contributed by atoms with Gasteiger partial charge in [0.2, 0.25) is 0 Å². The van der Waals surface area contributed by atoms with E-state index in [1.807, 2.05) is 13.8 Å². The topological polar surface area (TPSA) is 58.6 Å². The summed E-state index contributed by atoms with van der Waals surface area (Å²) in [6.45, 7) is 4.21. The van der Waals surface area contributed by atoms with Gasteiger partial charge in [0.25, 0.3) is 5.24 Å². The zero-order valence-electron chi connectivity index (χ0n) is 10.1. The van der Waals surface area contributed by atoms with Gasteiger partial charge in [0.05, 0.1) is 17.3 Å². The molecule has 0 spiro atoms. The van der Waals surface area contributed by atoms with Crippen molar-refractivity contribution in [1.82, 2.24) is 0 Å². The van der Waals surface area contributed by atoms with Gasteiger partial charge in [-0.1, -0.05) is 43.3 Å². The minimum Gasteiger partial charge on any atom is -0.423 e. The fraction of sp³-hybridized carbons (Fsp3) is 0.364. The van der Waals surface area contributed by atoms with Crippen molar-refractivity contribution < 1.29 is 14.5 Å². The van der Waals surface area contributed by atoms with Gasteiger partial charge < -0.3 is 15.0 Å². The van der Waals surface area contributed by atoms with Crippen molar-refractivity contribution in [3.8, 4) is 0 Å². The van der Waals surface area contributed by atoms with Crippen LogP contribution in [-0.2, 0) is 11.3 Å². The first-order valence-corrected chi connectivity index (χ1v) is 6.83. The van der Waals surface area contributed by atoms with Crippen LogP contribution >= 0.6 is 23.4 Å². The summed E-state index contributed by atoms with van der Waals surface area (Å²) in [5.41, 5.74) is 1.89. The smallest absolute Gasteiger partial charge is 0.423 e. The van der Waals surface area contributed by atoms with Crippen molar-refractivity contribution in [2.24, 2.45) is 0 Å². The molecule has 96 valence electrons. The summed E-state index contributed by atoms with van der Waals surface area (Å²) in [5, 5.41) is 12.7. The van der Waals surface area contributed by atoms with Crippen LogP contribution < -0.4 is 10.8 Å². The number of hydrogen-bond acceptors (Lipinski definition) is 4. The minimum atomic E-state index is -1.01. The molecular weight excluding hydrogens is 272 g/mol. The number of rotatable bonds is 2. The summed E-state index contributed by atoms with van der Waals surface area (Å²) in [4.78, 5) is 11.7. The fourth-order valence-electron chi connectivity index (χ4n) is 1.73. The molecule has 0 atom stereocenters. The average Bonchev–Trinajstić information content (AvgIpc) is 2.64. The van der Waals surface area contributed by atoms with Crippen molar-refractivity contribution in [3.05, 3.63) is 22.7 Å². The van der Waals surface area contributed by atoms with E-state index in [2.05, 4.69) is 5.32 Å². The Kier molecular flexibility index (Phi) is 4.22. The lowest BCUT2D eigenvalue weighted by Crippen LogP contribution is -2.29. The number of anilines is 1. The molecule has 1 aromatic rings. The van der Waals surface area contributed by atoms with Gasteiger partial charge in [0, 0.05) is 10.7 Å². The molecule has 7 heteroatoms. The second kappa shape index (κ2) is 5.53. The van der Waals surface area contributed by atoms with Crippen LogP contribution in [0.4, 0.5) is 10.5 Å². The number of benzene rings is 1. The number of amides is 1. The highest BCUT2D eigenvalue weighted by atomic mass is 35.5. The third kappa shape index (κ3) is 2.83. The maximum absolute atomic E-state index is 11.7. The Morgan fingerprint density at radius 1 is 1.61 bits per heavy atom. The number of nitrogens with one attached hydrogen (secondary N) is 1. The maximum Gasteiger partial charge on any atom is 0.493 e. The van der Waals surface area contributed by atoms with Crippen molar-refractivity contribution in [2.75, 3.05) is 5.32 Å². The Hall–Kier alpha value is -0.685. The van der Waals surface area contributed by atoms with Gasteiger partial charge in [-0.2, -0.15) is 0 Å². The third-order valence-electron chi connectivity index (χ3n) is 2.49. The molecule has 18 heavy (non-hydrogen) atoms. The SMILES string of the molecule is CC(C)SC(=O)Nc1ccc2c(c1Cl)B(O)OC2. The van der Waals surface area contributed by atoms with E-state index in [1.54, 1.807) is 12.1 Å². The fourth-order valence-corrected chi connectivity index (χ4v) is 2.65. The number of halogens is 1. The second-order valence-corrected chi connectivity index (χ2v) is 6.17. The lowest BCUT2D eigenvalue weighted by atomic mass is 9.79. The van der Waals surface area contributed by atoms with Crippen molar-refractivity contribution in [1.29, 1.82) is 0 Å². The molecule has 0 unspecified atom stereocenters. The largest absolute Gasteiger partial charge is 0.493 e. The molecule has 2 N–H and O–H groups in total. The number of carbonyl (C=O) groups excluding carboxylic acids is 1. The molecule has 1 aliphatic heterocycles. The van der Waals surface area contributed by atoms with Gasteiger partial charge >= 0.3 is 7.12 Å². The Morgan fingerprint density at radius 2 is 2.33 bits per heavy atom. The average molecular weight is 286 g/mol. The Balaban J connectivity index is 2.20. The first-order valence-electron chi connectivity index (χ1n) is 5.57. The van der Waals surface area contributed by atoms with Crippen LogP contribution in [0, 0.1) is 0 Å². The lowest BCUT2D eigenvalue weighted by molar-refractivity contribution is 0.269. The number of fused-ring (bicyclic) bond motifs is 1. The van der Waals surface area contributed by atoms with Gasteiger partial charge in [0.1, 0.15) is 0 Å². The minimum absolute atomic E-state index is 0.166. The van der Waals surface area contributed by atoms with E-state index in [-0.39, 0.29) is 10.5 Å².